The monoisotopic (exact) mass is 581 g/mol. The molecule has 1 aromatic heterocycles. The maximum absolute atomic E-state index is 6.39. The molecule has 0 unspecified atom stereocenters. The first-order valence-electron chi connectivity index (χ1n) is 15.4. The molecule has 1 aliphatic rings. The largest absolute Gasteiger partial charge is 0.455 e. The maximum atomic E-state index is 6.39. The van der Waals surface area contributed by atoms with Crippen LogP contribution in [-0.2, 0) is 0 Å². The molecule has 45 heavy (non-hydrogen) atoms. The van der Waals surface area contributed by atoms with Crippen molar-refractivity contribution in [1.82, 2.24) is 0 Å². The van der Waals surface area contributed by atoms with Gasteiger partial charge in [-0.1, -0.05) is 110 Å². The smallest absolute Gasteiger partial charge is 0.143 e. The first-order valence-corrected chi connectivity index (χ1v) is 15.4. The fourth-order valence-electron chi connectivity index (χ4n) is 6.18. The highest BCUT2D eigenvalue weighted by Gasteiger charge is 2.22. The number of rotatable bonds is 6. The minimum absolute atomic E-state index is 0.833. The molecule has 0 saturated heterocycles. The first kappa shape index (κ1) is 26.7. The highest BCUT2D eigenvalue weighted by molar-refractivity contribution is 6.09. The Kier molecular flexibility index (Phi) is 6.73. The van der Waals surface area contributed by atoms with Crippen molar-refractivity contribution in [2.75, 3.05) is 10.3 Å². The second-order valence-corrected chi connectivity index (χ2v) is 11.2. The predicted octanol–water partition coefficient (Wildman–Crippen LogP) is 11.7. The average Bonchev–Trinajstić information content (AvgIpc) is 3.41. The van der Waals surface area contributed by atoms with E-state index in [1.54, 1.807) is 0 Å². The van der Waals surface area contributed by atoms with Crippen LogP contribution in [0.1, 0.15) is 24.5 Å². The van der Waals surface area contributed by atoms with Gasteiger partial charge in [-0.3, -0.25) is 0 Å². The number of nitrogens with zero attached hydrogens (tertiary/aromatic N) is 2. The van der Waals surface area contributed by atoms with Gasteiger partial charge in [0.15, 0.2) is 0 Å². The fourth-order valence-corrected chi connectivity index (χ4v) is 6.18. The van der Waals surface area contributed by atoms with E-state index in [-0.39, 0.29) is 0 Å². The van der Waals surface area contributed by atoms with Crippen LogP contribution in [0.15, 0.2) is 143 Å². The van der Waals surface area contributed by atoms with Crippen molar-refractivity contribution in [2.24, 2.45) is 5.10 Å². The first-order chi connectivity index (χ1) is 22.3. The van der Waals surface area contributed by atoms with Crippen LogP contribution in [0.3, 0.4) is 0 Å². The molecule has 2 heterocycles. The summed E-state index contributed by atoms with van der Waals surface area (Å²) in [6, 6.07) is 46.6. The van der Waals surface area contributed by atoms with Gasteiger partial charge in [0.2, 0.25) is 0 Å². The lowest BCUT2D eigenvalue weighted by Crippen LogP contribution is -2.12. The maximum Gasteiger partial charge on any atom is 0.143 e. The molecule has 0 amide bonds. The Bertz CT molecular complexity index is 2230. The van der Waals surface area contributed by atoms with Crippen molar-refractivity contribution >= 4 is 63.1 Å². The van der Waals surface area contributed by atoms with Gasteiger partial charge in [-0.15, -0.1) is 0 Å². The molecule has 4 heteroatoms. The average molecular weight is 582 g/mol. The van der Waals surface area contributed by atoms with E-state index < -0.39 is 0 Å². The summed E-state index contributed by atoms with van der Waals surface area (Å²) in [7, 11) is 0. The number of hydrogen-bond donors (Lipinski definition) is 1. The highest BCUT2D eigenvalue weighted by atomic mass is 16.3. The van der Waals surface area contributed by atoms with Crippen LogP contribution in [0, 0.1) is 0 Å². The molecule has 0 bridgehead atoms. The number of para-hydroxylation sites is 3. The summed E-state index contributed by atoms with van der Waals surface area (Å²) in [6.45, 7) is 2.11. The number of anilines is 4. The second-order valence-electron chi connectivity index (χ2n) is 11.2. The van der Waals surface area contributed by atoms with E-state index in [2.05, 4.69) is 145 Å². The Morgan fingerprint density at radius 3 is 2.20 bits per heavy atom. The van der Waals surface area contributed by atoms with Gasteiger partial charge < -0.3 is 9.73 Å². The Morgan fingerprint density at radius 2 is 1.38 bits per heavy atom. The minimum Gasteiger partial charge on any atom is -0.455 e. The second kappa shape index (κ2) is 11.3. The molecule has 8 rings (SSSR count). The van der Waals surface area contributed by atoms with Crippen LogP contribution in [0.25, 0.3) is 56.3 Å². The SMILES string of the molecule is CC/C=N/N1c2ccc(-c3cccc4c3oc3ccccc34)cc2C=Cc2cc(Nc3ccccc3)c(-c3ccccc3)cc21. The molecule has 0 radical (unpaired) electrons. The van der Waals surface area contributed by atoms with Crippen molar-refractivity contribution in [3.63, 3.8) is 0 Å². The third-order valence-electron chi connectivity index (χ3n) is 8.33. The van der Waals surface area contributed by atoms with E-state index in [9.17, 15) is 0 Å². The standard InChI is InChI=1S/C41H31N3O/c1-2-24-42-44-38-23-22-29(33-17-11-18-35-34-16-9-10-19-40(34)45-41(33)35)25-30(38)20-21-31-26-37(43-32-14-7-4-8-15-32)36(27-39(31)44)28-12-5-3-6-13-28/h3-27,43H,2H2,1H3/b42-24+. The van der Waals surface area contributed by atoms with Crippen molar-refractivity contribution in [3.8, 4) is 22.3 Å². The van der Waals surface area contributed by atoms with Gasteiger partial charge in [-0.2, -0.15) is 5.10 Å². The molecule has 0 saturated carbocycles. The summed E-state index contributed by atoms with van der Waals surface area (Å²) in [5, 5.41) is 13.0. The van der Waals surface area contributed by atoms with Crippen LogP contribution in [0.4, 0.5) is 22.7 Å². The summed E-state index contributed by atoms with van der Waals surface area (Å²) in [5.74, 6) is 0. The Balaban J connectivity index is 1.29. The summed E-state index contributed by atoms with van der Waals surface area (Å²) < 4.78 is 6.39. The molecular formula is C41H31N3O. The predicted molar refractivity (Wildman–Crippen MR) is 191 cm³/mol. The van der Waals surface area contributed by atoms with Gasteiger partial charge in [0.05, 0.1) is 11.4 Å². The number of hydrazone groups is 1. The third kappa shape index (κ3) is 4.87. The zero-order valence-corrected chi connectivity index (χ0v) is 24.9. The molecule has 0 aliphatic carbocycles. The van der Waals surface area contributed by atoms with Gasteiger partial charge in [0, 0.05) is 50.6 Å². The fraction of sp³-hybridized carbons (Fsp3) is 0.0488. The summed E-state index contributed by atoms with van der Waals surface area (Å²) in [4.78, 5) is 0. The van der Waals surface area contributed by atoms with Gasteiger partial charge in [-0.05, 0) is 60.0 Å². The van der Waals surface area contributed by atoms with Gasteiger partial charge in [-0.25, -0.2) is 5.01 Å². The van der Waals surface area contributed by atoms with Gasteiger partial charge in [0.1, 0.15) is 11.2 Å². The van der Waals surface area contributed by atoms with E-state index in [1.165, 1.54) is 0 Å². The highest BCUT2D eigenvalue weighted by Crippen LogP contribution is 2.44. The molecule has 7 aromatic rings. The lowest BCUT2D eigenvalue weighted by Gasteiger charge is -2.24. The number of benzene rings is 6. The van der Waals surface area contributed by atoms with Crippen molar-refractivity contribution in [2.45, 2.75) is 13.3 Å². The third-order valence-corrected chi connectivity index (χ3v) is 8.33. The van der Waals surface area contributed by atoms with Crippen LogP contribution in [0.5, 0.6) is 0 Å². The van der Waals surface area contributed by atoms with E-state index in [0.717, 1.165) is 84.5 Å². The molecule has 1 N–H and O–H groups in total. The Morgan fingerprint density at radius 1 is 0.644 bits per heavy atom. The zero-order chi connectivity index (χ0) is 30.2. The lowest BCUT2D eigenvalue weighted by molar-refractivity contribution is 0.670. The van der Waals surface area contributed by atoms with Crippen molar-refractivity contribution < 1.29 is 4.42 Å². The van der Waals surface area contributed by atoms with Crippen molar-refractivity contribution in [1.29, 1.82) is 0 Å². The molecule has 216 valence electrons. The van der Waals surface area contributed by atoms with Gasteiger partial charge >= 0.3 is 0 Å². The molecule has 0 spiro atoms. The minimum atomic E-state index is 0.833. The normalized spacial score (nSPS) is 12.4. The summed E-state index contributed by atoms with van der Waals surface area (Å²) in [5.41, 5.74) is 12.5. The van der Waals surface area contributed by atoms with Crippen LogP contribution < -0.4 is 10.3 Å². The Hall–Kier alpha value is -5.87. The Labute approximate surface area is 262 Å². The number of furan rings is 1. The molecule has 0 atom stereocenters. The molecule has 4 nitrogen and oxygen atoms in total. The number of nitrogens with one attached hydrogen (secondary N) is 1. The molecule has 1 aliphatic heterocycles. The number of hydrogen-bond acceptors (Lipinski definition) is 4. The van der Waals surface area contributed by atoms with Crippen molar-refractivity contribution in [3.05, 3.63) is 145 Å². The van der Waals surface area contributed by atoms with Gasteiger partial charge in [0.25, 0.3) is 0 Å². The van der Waals surface area contributed by atoms with Crippen LogP contribution in [0.2, 0.25) is 0 Å². The molecule has 0 fully saturated rings. The summed E-state index contributed by atoms with van der Waals surface area (Å²) in [6.07, 6.45) is 7.21. The number of fused-ring (bicyclic) bond motifs is 5. The van der Waals surface area contributed by atoms with Crippen LogP contribution in [-0.4, -0.2) is 6.21 Å². The quantitative estimate of drug-likeness (QED) is 0.199. The topological polar surface area (TPSA) is 40.8 Å². The van der Waals surface area contributed by atoms with E-state index in [1.807, 2.05) is 24.4 Å². The zero-order valence-electron chi connectivity index (χ0n) is 24.9. The molecular weight excluding hydrogens is 550 g/mol. The van der Waals surface area contributed by atoms with E-state index >= 15 is 0 Å². The van der Waals surface area contributed by atoms with Crippen LogP contribution >= 0.6 is 0 Å². The van der Waals surface area contributed by atoms with E-state index in [4.69, 9.17) is 9.52 Å². The summed E-state index contributed by atoms with van der Waals surface area (Å²) >= 11 is 0. The lowest BCUT2D eigenvalue weighted by atomic mass is 9.99. The van der Waals surface area contributed by atoms with E-state index in [0.29, 0.717) is 0 Å². The molecule has 6 aromatic carbocycles.